The fourth-order valence-electron chi connectivity index (χ4n) is 7.95. The third kappa shape index (κ3) is 12.5. The first-order chi connectivity index (χ1) is 27.1. The minimum Gasteiger partial charge on any atom is -0.510 e. The fourth-order valence-corrected chi connectivity index (χ4v) is 7.95. The van der Waals surface area contributed by atoms with E-state index in [0.29, 0.717) is 12.0 Å². The number of ether oxygens (including phenoxy) is 5. The lowest BCUT2D eigenvalue weighted by Gasteiger charge is -2.50. The predicted octanol–water partition coefficient (Wildman–Crippen LogP) is 5.05. The van der Waals surface area contributed by atoms with E-state index in [1.165, 1.54) is 20.3 Å². The monoisotopic (exact) mass is 815 g/mol. The lowest BCUT2D eigenvalue weighted by molar-refractivity contribution is -0.329. The summed E-state index contributed by atoms with van der Waals surface area (Å²) in [6, 6.07) is 0. The van der Waals surface area contributed by atoms with Gasteiger partial charge in [0.2, 0.25) is 11.7 Å². The van der Waals surface area contributed by atoms with Crippen molar-refractivity contribution in [1.29, 1.82) is 0 Å². The molecule has 0 aromatic heterocycles. The van der Waals surface area contributed by atoms with E-state index >= 15 is 0 Å². The Hall–Kier alpha value is -4.08. The van der Waals surface area contributed by atoms with Gasteiger partial charge in [0.05, 0.1) is 25.4 Å². The quantitative estimate of drug-likeness (QED) is 0.137. The summed E-state index contributed by atoms with van der Waals surface area (Å²) in [5.41, 5.74) is 1.48. The molecular weight excluding hydrogens is 750 g/mol. The zero-order valence-electron chi connectivity index (χ0n) is 35.8. The number of cyclic esters (lactones) is 1. The minimum atomic E-state index is -2.04. The highest BCUT2D eigenvalue weighted by atomic mass is 16.6. The maximum Gasteiger partial charge on any atom is 0.373 e. The van der Waals surface area contributed by atoms with Crippen LogP contribution in [0.15, 0.2) is 70.9 Å². The second kappa shape index (κ2) is 21.3. The van der Waals surface area contributed by atoms with Gasteiger partial charge in [0, 0.05) is 62.2 Å². The number of hydrogen-bond donors (Lipinski definition) is 5. The van der Waals surface area contributed by atoms with Crippen molar-refractivity contribution in [3.8, 4) is 0 Å². The average molecular weight is 816 g/mol. The van der Waals surface area contributed by atoms with Crippen LogP contribution in [0.2, 0.25) is 0 Å². The van der Waals surface area contributed by atoms with Gasteiger partial charge >= 0.3 is 11.9 Å². The molecule has 2 heterocycles. The first kappa shape index (κ1) is 48.3. The number of ketones is 1. The van der Waals surface area contributed by atoms with E-state index in [2.05, 4.69) is 5.32 Å². The molecule has 14 nitrogen and oxygen atoms in total. The highest BCUT2D eigenvalue weighted by molar-refractivity contribution is 6.04. The smallest absolute Gasteiger partial charge is 0.373 e. The van der Waals surface area contributed by atoms with Crippen LogP contribution in [0.3, 0.4) is 0 Å². The van der Waals surface area contributed by atoms with Crippen molar-refractivity contribution in [3.05, 3.63) is 70.9 Å². The predicted molar refractivity (Wildman–Crippen MR) is 215 cm³/mol. The number of Topliss-reactive ketones (excluding diaryl/α,β-unsaturated/α-hetero) is 1. The van der Waals surface area contributed by atoms with Gasteiger partial charge in [0.1, 0.15) is 29.8 Å². The molecule has 12 unspecified atom stereocenters. The zero-order chi connectivity index (χ0) is 43.6. The summed E-state index contributed by atoms with van der Waals surface area (Å²) in [4.78, 5) is 51.1. The summed E-state index contributed by atoms with van der Waals surface area (Å²) in [6.45, 7) is 16.5. The minimum absolute atomic E-state index is 0.0594. The molecule has 0 bridgehead atoms. The number of nitrogens with one attached hydrogen (secondary N) is 1. The Morgan fingerprint density at radius 1 is 1.03 bits per heavy atom. The molecule has 0 aromatic carbocycles. The Morgan fingerprint density at radius 3 is 2.29 bits per heavy atom. The Labute approximate surface area is 342 Å². The van der Waals surface area contributed by atoms with Gasteiger partial charge in [-0.05, 0) is 38.2 Å². The van der Waals surface area contributed by atoms with Crippen LogP contribution in [0.1, 0.15) is 88.0 Å². The molecule has 2 aliphatic heterocycles. The van der Waals surface area contributed by atoms with Crippen molar-refractivity contribution < 1.29 is 63.3 Å². The van der Waals surface area contributed by atoms with Gasteiger partial charge in [-0.15, -0.1) is 0 Å². The van der Waals surface area contributed by atoms with Crippen molar-refractivity contribution in [2.24, 2.45) is 35.5 Å². The van der Waals surface area contributed by atoms with Gasteiger partial charge in [0.15, 0.2) is 11.6 Å². The summed E-state index contributed by atoms with van der Waals surface area (Å²) >= 11 is 0. The van der Waals surface area contributed by atoms with Crippen LogP contribution in [0.25, 0.3) is 0 Å². The molecule has 0 saturated carbocycles. The van der Waals surface area contributed by atoms with E-state index in [4.69, 9.17) is 23.7 Å². The van der Waals surface area contributed by atoms with E-state index in [1.54, 1.807) is 32.9 Å². The van der Waals surface area contributed by atoms with Crippen molar-refractivity contribution in [1.82, 2.24) is 5.32 Å². The molecule has 1 fully saturated rings. The molecule has 1 amide bonds. The number of amides is 1. The second-order valence-corrected chi connectivity index (χ2v) is 16.5. The van der Waals surface area contributed by atoms with Crippen LogP contribution in [0, 0.1) is 35.5 Å². The molecule has 1 aliphatic carbocycles. The van der Waals surface area contributed by atoms with E-state index in [-0.39, 0.29) is 54.2 Å². The fraction of sp³-hybridized carbons (Fsp3) is 0.636. The van der Waals surface area contributed by atoms with Crippen molar-refractivity contribution in [2.45, 2.75) is 130 Å². The summed E-state index contributed by atoms with van der Waals surface area (Å²) in [6.07, 6.45) is 5.61. The molecule has 58 heavy (non-hydrogen) atoms. The Kier molecular flexibility index (Phi) is 17.7. The number of carbonyl (C=O) groups excluding carboxylic acids is 4. The van der Waals surface area contributed by atoms with Gasteiger partial charge in [-0.1, -0.05) is 83.9 Å². The first-order valence-electron chi connectivity index (χ1n) is 20.1. The van der Waals surface area contributed by atoms with Gasteiger partial charge in [0.25, 0.3) is 0 Å². The number of methoxy groups -OCH3 is 2. The normalized spacial score (nSPS) is 35.5. The third-order valence-corrected chi connectivity index (χ3v) is 11.5. The van der Waals surface area contributed by atoms with Crippen LogP contribution in [-0.4, -0.2) is 101 Å². The number of hydrogen-bond acceptors (Lipinski definition) is 13. The van der Waals surface area contributed by atoms with Gasteiger partial charge in [-0.25, -0.2) is 9.59 Å². The number of aliphatic hydroxyl groups is 4. The summed E-state index contributed by atoms with van der Waals surface area (Å²) in [5.74, 6) is -8.07. The molecular formula is C44H65NO13. The van der Waals surface area contributed by atoms with Gasteiger partial charge < -0.3 is 49.4 Å². The van der Waals surface area contributed by atoms with Crippen molar-refractivity contribution >= 4 is 23.6 Å². The third-order valence-electron chi connectivity index (χ3n) is 11.5. The first-order valence-corrected chi connectivity index (χ1v) is 20.1. The summed E-state index contributed by atoms with van der Waals surface area (Å²) < 4.78 is 29.5. The van der Waals surface area contributed by atoms with E-state index < -0.39 is 83.8 Å². The van der Waals surface area contributed by atoms with Gasteiger partial charge in [-0.2, -0.15) is 0 Å². The standard InChI is InChI=1S/C44H65NO13/c1-23(2)41-28(7)35(56-37(49)18-17-36(48)45-38-31(46)15-16-32(38)47)22-44(53,58-41)30(9)40(51)29(8)42-33(54-10)14-12-13-24(3)19-26(5)39(50)27(6)20-25(4)21-34(55-11)43(52)57-42/h12-14,17-18,20-21,23,26-30,33,35,39-42,46,50-51,53H,15-16,19,22H2,1-11H3,(H,45,48)/b14-12+,18-17+,24-13+,25-20+,34-21-. The second-order valence-electron chi connectivity index (χ2n) is 16.5. The largest absolute Gasteiger partial charge is 0.510 e. The SMILES string of the molecule is CO/C1=C\C(C)=C\C(C)C(O)C(C)C/C(C)=C/C=C/C(OC)C(C(C)C(O)C(C)C2(O)CC(OC(=O)/C=C/C(=O)NC3=C(O)CCC3=O)C(C)C(C(C)C)O2)OC1=O. The Balaban J connectivity index is 1.92. The molecule has 0 spiro atoms. The highest BCUT2D eigenvalue weighted by Crippen LogP contribution is 2.42. The number of carbonyl (C=O) groups is 4. The maximum absolute atomic E-state index is 13.7. The lowest BCUT2D eigenvalue weighted by Crippen LogP contribution is -2.59. The van der Waals surface area contributed by atoms with Crippen molar-refractivity contribution in [2.75, 3.05) is 14.2 Å². The molecule has 12 atom stereocenters. The molecule has 14 heteroatoms. The zero-order valence-corrected chi connectivity index (χ0v) is 35.8. The van der Waals surface area contributed by atoms with Crippen LogP contribution < -0.4 is 5.32 Å². The highest BCUT2D eigenvalue weighted by Gasteiger charge is 2.53. The lowest BCUT2D eigenvalue weighted by atomic mass is 9.76. The molecule has 0 aromatic rings. The Morgan fingerprint density at radius 2 is 1.71 bits per heavy atom. The maximum atomic E-state index is 13.7. The molecule has 324 valence electrons. The number of aliphatic hydroxyl groups excluding tert-OH is 3. The molecule has 3 rings (SSSR count). The number of esters is 2. The topological polar surface area (TPSA) is 207 Å². The van der Waals surface area contributed by atoms with Crippen molar-refractivity contribution in [3.63, 3.8) is 0 Å². The summed E-state index contributed by atoms with van der Waals surface area (Å²) in [7, 11) is 2.79. The molecule has 0 radical (unpaired) electrons. The molecule has 3 aliphatic rings. The van der Waals surface area contributed by atoms with Crippen LogP contribution in [0.4, 0.5) is 0 Å². The van der Waals surface area contributed by atoms with E-state index in [1.807, 2.05) is 53.7 Å². The van der Waals surface area contributed by atoms with Crippen LogP contribution >= 0.6 is 0 Å². The summed E-state index contributed by atoms with van der Waals surface area (Å²) in [5, 5.41) is 47.4. The van der Waals surface area contributed by atoms with Crippen LogP contribution in [-0.2, 0) is 42.9 Å². The molecule has 5 N–H and O–H groups in total. The average Bonchev–Trinajstić information content (AvgIpc) is 3.48. The molecule has 1 saturated heterocycles. The van der Waals surface area contributed by atoms with Gasteiger partial charge in [-0.3, -0.25) is 9.59 Å². The van der Waals surface area contributed by atoms with E-state index in [0.717, 1.165) is 17.7 Å². The Bertz CT molecular complexity index is 1670. The van der Waals surface area contributed by atoms with Crippen LogP contribution in [0.5, 0.6) is 0 Å². The van der Waals surface area contributed by atoms with E-state index in [9.17, 15) is 39.6 Å². The number of rotatable bonds is 11. The number of allylic oxidation sites excluding steroid dienone is 7.